The number of nitrogens with one attached hydrogen (secondary N) is 1. The van der Waals surface area contributed by atoms with Crippen molar-refractivity contribution < 1.29 is 26.7 Å². The molecule has 1 N–H and O–H groups in total. The van der Waals surface area contributed by atoms with Crippen molar-refractivity contribution in [3.8, 4) is 0 Å². The van der Waals surface area contributed by atoms with Crippen molar-refractivity contribution in [1.82, 2.24) is 9.97 Å². The molecule has 100 valence electrons. The smallest absolute Gasteiger partial charge is 0.289 e. The largest absolute Gasteiger partial charge is 0.463 e. The average molecular weight is 290 g/mol. The number of alkyl halides is 5. The quantitative estimate of drug-likeness (QED) is 0.672. The Morgan fingerprint density at radius 1 is 1.28 bits per heavy atom. The lowest BCUT2D eigenvalue weighted by atomic mass is 10.3. The van der Waals surface area contributed by atoms with Gasteiger partial charge in [-0.15, -0.1) is 0 Å². The number of carbonyl (C=O) groups is 1. The predicted molar refractivity (Wildman–Crippen MR) is 51.4 cm³/mol. The molecule has 4 nitrogen and oxygen atoms in total. The standard InChI is InChI=1S/C8H5ClF5N3O/c1-3-2-4(9)16-6(15-3)17-5(18)7(10,11)8(12,13)14/h2H,1H3,(H,15,16,17,18). The van der Waals surface area contributed by atoms with Crippen LogP contribution in [0.3, 0.4) is 0 Å². The molecule has 0 atom stereocenters. The molecule has 0 radical (unpaired) electrons. The van der Waals surface area contributed by atoms with Crippen LogP contribution in [0.25, 0.3) is 0 Å². The van der Waals surface area contributed by atoms with Crippen LogP contribution < -0.4 is 5.32 Å². The van der Waals surface area contributed by atoms with E-state index in [4.69, 9.17) is 11.6 Å². The highest BCUT2D eigenvalue weighted by molar-refractivity contribution is 6.29. The molecule has 1 heterocycles. The second-order valence-electron chi connectivity index (χ2n) is 3.18. The SMILES string of the molecule is Cc1cc(Cl)nc(NC(=O)C(F)(F)C(F)(F)F)n1. The predicted octanol–water partition coefficient (Wildman–Crippen LogP) is 2.57. The lowest BCUT2D eigenvalue weighted by molar-refractivity contribution is -0.267. The summed E-state index contributed by atoms with van der Waals surface area (Å²) in [7, 11) is 0. The van der Waals surface area contributed by atoms with E-state index in [1.54, 1.807) is 0 Å². The first kappa shape index (κ1) is 14.6. The number of anilines is 1. The van der Waals surface area contributed by atoms with Crippen LogP contribution in [0.2, 0.25) is 5.15 Å². The molecule has 0 unspecified atom stereocenters. The number of hydrogen-bond acceptors (Lipinski definition) is 3. The minimum atomic E-state index is -6.00. The topological polar surface area (TPSA) is 54.9 Å². The van der Waals surface area contributed by atoms with Gasteiger partial charge in [0.05, 0.1) is 0 Å². The van der Waals surface area contributed by atoms with Gasteiger partial charge in [0.2, 0.25) is 5.95 Å². The van der Waals surface area contributed by atoms with Crippen molar-refractivity contribution in [2.45, 2.75) is 19.0 Å². The summed E-state index contributed by atoms with van der Waals surface area (Å²) in [6, 6.07) is 1.24. The molecule has 0 spiro atoms. The lowest BCUT2D eigenvalue weighted by Crippen LogP contribution is -2.47. The summed E-state index contributed by atoms with van der Waals surface area (Å²) < 4.78 is 60.8. The second-order valence-corrected chi connectivity index (χ2v) is 3.57. The van der Waals surface area contributed by atoms with Crippen molar-refractivity contribution in [1.29, 1.82) is 0 Å². The first-order valence-corrected chi connectivity index (χ1v) is 4.69. The molecule has 0 aromatic carbocycles. The maximum atomic E-state index is 12.6. The number of rotatable bonds is 2. The van der Waals surface area contributed by atoms with Gasteiger partial charge in [0.15, 0.2) is 0 Å². The Bertz CT molecular complexity index is 456. The van der Waals surface area contributed by atoms with Gasteiger partial charge in [0.1, 0.15) is 5.15 Å². The molecule has 0 saturated heterocycles. The Balaban J connectivity index is 2.95. The highest BCUT2D eigenvalue weighted by Gasteiger charge is 2.63. The first-order valence-electron chi connectivity index (χ1n) is 4.31. The summed E-state index contributed by atoms with van der Waals surface area (Å²) >= 11 is 5.43. The van der Waals surface area contributed by atoms with Gasteiger partial charge in [-0.05, 0) is 13.0 Å². The third-order valence-corrected chi connectivity index (χ3v) is 1.88. The van der Waals surface area contributed by atoms with E-state index < -0.39 is 24.0 Å². The molecule has 0 saturated carbocycles. The van der Waals surface area contributed by atoms with Gasteiger partial charge in [-0.1, -0.05) is 11.6 Å². The Morgan fingerprint density at radius 2 is 1.83 bits per heavy atom. The highest BCUT2D eigenvalue weighted by atomic mass is 35.5. The fourth-order valence-corrected chi connectivity index (χ4v) is 1.13. The fourth-order valence-electron chi connectivity index (χ4n) is 0.895. The minimum absolute atomic E-state index is 0.195. The van der Waals surface area contributed by atoms with Crippen LogP contribution in [0.5, 0.6) is 0 Å². The zero-order valence-electron chi connectivity index (χ0n) is 8.65. The van der Waals surface area contributed by atoms with Gasteiger partial charge in [0, 0.05) is 5.69 Å². The fraction of sp³-hybridized carbons (Fsp3) is 0.375. The Kier molecular flexibility index (Phi) is 3.75. The maximum absolute atomic E-state index is 12.6. The van der Waals surface area contributed by atoms with Crippen LogP contribution >= 0.6 is 11.6 Å². The van der Waals surface area contributed by atoms with Crippen LogP contribution in [0.1, 0.15) is 5.69 Å². The Labute approximate surface area is 102 Å². The molecule has 18 heavy (non-hydrogen) atoms. The Hall–Kier alpha value is -1.51. The molecule has 0 aliphatic heterocycles. The molecule has 0 bridgehead atoms. The molecule has 10 heteroatoms. The number of halogens is 6. The van der Waals surface area contributed by atoms with Crippen molar-refractivity contribution in [2.24, 2.45) is 0 Å². The normalized spacial score (nSPS) is 12.4. The van der Waals surface area contributed by atoms with Crippen LogP contribution in [0.4, 0.5) is 27.9 Å². The van der Waals surface area contributed by atoms with E-state index in [-0.39, 0.29) is 10.8 Å². The minimum Gasteiger partial charge on any atom is -0.289 e. The number of aromatic nitrogens is 2. The molecule has 0 fully saturated rings. The van der Waals surface area contributed by atoms with Crippen molar-refractivity contribution >= 4 is 23.5 Å². The van der Waals surface area contributed by atoms with E-state index in [2.05, 4.69) is 9.97 Å². The van der Waals surface area contributed by atoms with Gasteiger partial charge in [-0.2, -0.15) is 22.0 Å². The van der Waals surface area contributed by atoms with E-state index in [9.17, 15) is 26.7 Å². The summed E-state index contributed by atoms with van der Waals surface area (Å²) in [6.45, 7) is 1.39. The van der Waals surface area contributed by atoms with E-state index in [1.165, 1.54) is 18.3 Å². The van der Waals surface area contributed by atoms with Gasteiger partial charge >= 0.3 is 18.0 Å². The number of carbonyl (C=O) groups excluding carboxylic acids is 1. The summed E-state index contributed by atoms with van der Waals surface area (Å²) in [4.78, 5) is 17.5. The third kappa shape index (κ3) is 3.03. The highest BCUT2D eigenvalue weighted by Crippen LogP contribution is 2.36. The maximum Gasteiger partial charge on any atom is 0.463 e. The molecule has 1 aromatic heterocycles. The second kappa shape index (κ2) is 4.63. The molecule has 0 aliphatic carbocycles. The third-order valence-electron chi connectivity index (χ3n) is 1.69. The summed E-state index contributed by atoms with van der Waals surface area (Å²) in [5.41, 5.74) is 0.195. The van der Waals surface area contributed by atoms with Crippen LogP contribution in [-0.2, 0) is 4.79 Å². The molecular weight excluding hydrogens is 285 g/mol. The number of hydrogen-bond donors (Lipinski definition) is 1. The monoisotopic (exact) mass is 289 g/mol. The molecule has 1 rings (SSSR count). The number of nitrogens with zero attached hydrogens (tertiary/aromatic N) is 2. The molecular formula is C8H5ClF5N3O. The van der Waals surface area contributed by atoms with E-state index >= 15 is 0 Å². The van der Waals surface area contributed by atoms with Gasteiger partial charge in [-0.3, -0.25) is 10.1 Å². The van der Waals surface area contributed by atoms with E-state index in [0.29, 0.717) is 0 Å². The number of amides is 1. The van der Waals surface area contributed by atoms with Gasteiger partial charge < -0.3 is 0 Å². The van der Waals surface area contributed by atoms with Crippen molar-refractivity contribution in [2.75, 3.05) is 5.32 Å². The average Bonchev–Trinajstić information content (AvgIpc) is 2.13. The van der Waals surface area contributed by atoms with Crippen LogP contribution in [0.15, 0.2) is 6.07 Å². The molecule has 0 aliphatic rings. The van der Waals surface area contributed by atoms with Crippen molar-refractivity contribution in [3.05, 3.63) is 16.9 Å². The van der Waals surface area contributed by atoms with Crippen LogP contribution in [0, 0.1) is 6.92 Å². The van der Waals surface area contributed by atoms with Gasteiger partial charge in [0.25, 0.3) is 0 Å². The van der Waals surface area contributed by atoms with E-state index in [0.717, 1.165) is 0 Å². The zero-order chi connectivity index (χ0) is 14.1. The summed E-state index contributed by atoms with van der Waals surface area (Å²) in [5, 5.41) is 1.05. The number of aryl methyl sites for hydroxylation is 1. The molecule has 1 aromatic rings. The first-order chi connectivity index (χ1) is 8.04. The lowest BCUT2D eigenvalue weighted by Gasteiger charge is -2.18. The summed E-state index contributed by atoms with van der Waals surface area (Å²) in [6.07, 6.45) is -6.00. The van der Waals surface area contributed by atoms with E-state index in [1.807, 2.05) is 0 Å². The Morgan fingerprint density at radius 3 is 2.28 bits per heavy atom. The zero-order valence-corrected chi connectivity index (χ0v) is 9.40. The van der Waals surface area contributed by atoms with Crippen LogP contribution in [-0.4, -0.2) is 28.0 Å². The molecule has 1 amide bonds. The van der Waals surface area contributed by atoms with Gasteiger partial charge in [-0.25, -0.2) is 9.97 Å². The summed E-state index contributed by atoms with van der Waals surface area (Å²) in [5.74, 6) is -8.84. The van der Waals surface area contributed by atoms with Crippen molar-refractivity contribution in [3.63, 3.8) is 0 Å².